The van der Waals surface area contributed by atoms with Crippen LogP contribution in [0.4, 0.5) is 17.1 Å². The van der Waals surface area contributed by atoms with Gasteiger partial charge < -0.3 is 9.47 Å². The predicted molar refractivity (Wildman–Crippen MR) is 254 cm³/mol. The van der Waals surface area contributed by atoms with Crippen LogP contribution in [-0.4, -0.2) is 4.57 Å². The standard InChI is InChI=1S/C58H44N2/c1-57(2)50-23-13-11-21-48(50)55-51(57)34-33-47-46-32-30-42(36-54(46)60(56(47)55)53-24-14-18-39-17-8-9-19-43(39)53)59(40-27-25-38(26-28-40)37-15-6-5-7-16-37)41-29-31-45-44-20-10-12-22-49(44)58(3,4)52(45)35-41/h5-36H,1-4H3. The largest absolute Gasteiger partial charge is 0.310 e. The number of anilines is 3. The molecule has 60 heavy (non-hydrogen) atoms. The molecule has 0 saturated carbocycles. The van der Waals surface area contributed by atoms with Crippen molar-refractivity contribution in [1.29, 1.82) is 0 Å². The van der Waals surface area contributed by atoms with Crippen molar-refractivity contribution in [3.8, 4) is 39.1 Å². The molecule has 2 nitrogen and oxygen atoms in total. The number of hydrogen-bond donors (Lipinski definition) is 0. The van der Waals surface area contributed by atoms with Gasteiger partial charge in [-0.25, -0.2) is 0 Å². The lowest BCUT2D eigenvalue weighted by Gasteiger charge is -2.28. The molecule has 0 aliphatic heterocycles. The first-order valence-corrected chi connectivity index (χ1v) is 21.2. The maximum atomic E-state index is 2.58. The van der Waals surface area contributed by atoms with Crippen LogP contribution < -0.4 is 4.90 Å². The fraction of sp³-hybridized carbons (Fsp3) is 0.103. The third-order valence-electron chi connectivity index (χ3n) is 13.8. The van der Waals surface area contributed by atoms with Gasteiger partial charge in [-0.2, -0.15) is 0 Å². The Balaban J connectivity index is 1.14. The minimum absolute atomic E-state index is 0.116. The molecule has 9 aromatic carbocycles. The first-order chi connectivity index (χ1) is 29.3. The van der Waals surface area contributed by atoms with Gasteiger partial charge in [0.05, 0.1) is 16.7 Å². The second kappa shape index (κ2) is 12.7. The number of hydrogen-bond acceptors (Lipinski definition) is 1. The summed E-state index contributed by atoms with van der Waals surface area (Å²) in [5, 5.41) is 4.99. The molecule has 0 atom stereocenters. The number of benzene rings is 9. The number of nitrogens with zero attached hydrogens (tertiary/aromatic N) is 2. The van der Waals surface area contributed by atoms with Crippen molar-refractivity contribution in [2.24, 2.45) is 0 Å². The minimum atomic E-state index is -0.125. The van der Waals surface area contributed by atoms with Crippen LogP contribution in [0, 0.1) is 0 Å². The van der Waals surface area contributed by atoms with Gasteiger partial charge in [0.25, 0.3) is 0 Å². The normalized spacial score (nSPS) is 14.3. The Morgan fingerprint density at radius 1 is 0.383 bits per heavy atom. The van der Waals surface area contributed by atoms with Crippen molar-refractivity contribution in [2.75, 3.05) is 4.90 Å². The van der Waals surface area contributed by atoms with E-state index in [9.17, 15) is 0 Å². The molecule has 286 valence electrons. The molecule has 0 unspecified atom stereocenters. The zero-order valence-electron chi connectivity index (χ0n) is 34.4. The molecule has 0 amide bonds. The van der Waals surface area contributed by atoms with Gasteiger partial charge in [-0.3, -0.25) is 0 Å². The minimum Gasteiger partial charge on any atom is -0.310 e. The van der Waals surface area contributed by atoms with E-state index in [4.69, 9.17) is 0 Å². The van der Waals surface area contributed by atoms with Gasteiger partial charge in [0.15, 0.2) is 0 Å². The summed E-state index contributed by atoms with van der Waals surface area (Å²) in [6.07, 6.45) is 0. The molecule has 10 aromatic rings. The summed E-state index contributed by atoms with van der Waals surface area (Å²) in [6.45, 7) is 9.49. The molecule has 12 rings (SSSR count). The zero-order valence-corrected chi connectivity index (χ0v) is 34.4. The Bertz CT molecular complexity index is 3360. The van der Waals surface area contributed by atoms with Gasteiger partial charge in [-0.1, -0.05) is 179 Å². The Kier molecular flexibility index (Phi) is 7.36. The lowest BCUT2D eigenvalue weighted by molar-refractivity contribution is 0.660. The number of aromatic nitrogens is 1. The van der Waals surface area contributed by atoms with Gasteiger partial charge in [0, 0.05) is 49.6 Å². The van der Waals surface area contributed by atoms with Crippen molar-refractivity contribution < 1.29 is 0 Å². The summed E-state index contributed by atoms with van der Waals surface area (Å²) in [4.78, 5) is 2.46. The van der Waals surface area contributed by atoms with Crippen LogP contribution in [-0.2, 0) is 10.8 Å². The monoisotopic (exact) mass is 768 g/mol. The average molecular weight is 769 g/mol. The molecular formula is C58H44N2. The molecule has 2 heteroatoms. The average Bonchev–Trinajstić information content (AvgIpc) is 3.83. The Morgan fingerprint density at radius 2 is 0.967 bits per heavy atom. The van der Waals surface area contributed by atoms with E-state index in [1.54, 1.807) is 0 Å². The first kappa shape index (κ1) is 34.8. The second-order valence-electron chi connectivity index (χ2n) is 17.7. The highest BCUT2D eigenvalue weighted by Gasteiger charge is 2.38. The Hall–Kier alpha value is -7.16. The lowest BCUT2D eigenvalue weighted by Crippen LogP contribution is -2.16. The van der Waals surface area contributed by atoms with Crippen LogP contribution in [0.5, 0.6) is 0 Å². The summed E-state index contributed by atoms with van der Waals surface area (Å²) in [5.74, 6) is 0. The van der Waals surface area contributed by atoms with E-state index in [0.29, 0.717) is 0 Å². The van der Waals surface area contributed by atoms with Crippen LogP contribution in [0.15, 0.2) is 194 Å². The SMILES string of the molecule is CC1(C)c2ccccc2-c2ccc(N(c3ccc(-c4ccccc4)cc3)c3ccc4c5ccc6c(c5n(-c5cccc7ccccc57)c4c3)-c3ccccc3C6(C)C)cc21. The van der Waals surface area contributed by atoms with E-state index in [1.165, 1.54) is 93.9 Å². The first-order valence-electron chi connectivity index (χ1n) is 21.2. The number of rotatable bonds is 5. The molecule has 1 aromatic heterocycles. The van der Waals surface area contributed by atoms with E-state index in [-0.39, 0.29) is 10.8 Å². The van der Waals surface area contributed by atoms with Crippen molar-refractivity contribution in [1.82, 2.24) is 4.57 Å². The summed E-state index contributed by atoms with van der Waals surface area (Å²) in [5.41, 5.74) is 20.0. The third-order valence-corrected chi connectivity index (χ3v) is 13.8. The molecule has 2 aliphatic carbocycles. The van der Waals surface area contributed by atoms with E-state index in [1.807, 2.05) is 0 Å². The second-order valence-corrected chi connectivity index (χ2v) is 17.7. The molecule has 0 saturated heterocycles. The predicted octanol–water partition coefficient (Wildman–Crippen LogP) is 15.7. The van der Waals surface area contributed by atoms with Crippen LogP contribution in [0.25, 0.3) is 71.6 Å². The van der Waals surface area contributed by atoms with Crippen molar-refractivity contribution >= 4 is 49.6 Å². The highest BCUT2D eigenvalue weighted by atomic mass is 15.1. The van der Waals surface area contributed by atoms with Crippen molar-refractivity contribution in [2.45, 2.75) is 38.5 Å². The van der Waals surface area contributed by atoms with E-state index < -0.39 is 0 Å². The fourth-order valence-corrected chi connectivity index (χ4v) is 10.8. The van der Waals surface area contributed by atoms with Gasteiger partial charge in [0.1, 0.15) is 0 Å². The molecular weight excluding hydrogens is 725 g/mol. The number of fused-ring (bicyclic) bond motifs is 11. The molecule has 0 bridgehead atoms. The van der Waals surface area contributed by atoms with Crippen molar-refractivity contribution in [3.63, 3.8) is 0 Å². The Morgan fingerprint density at radius 3 is 1.78 bits per heavy atom. The van der Waals surface area contributed by atoms with E-state index in [2.05, 4.69) is 231 Å². The molecule has 0 spiro atoms. The van der Waals surface area contributed by atoms with Gasteiger partial charge in [-0.05, 0) is 97.9 Å². The quantitative estimate of drug-likeness (QED) is 0.169. The maximum absolute atomic E-state index is 2.58. The lowest BCUT2D eigenvalue weighted by atomic mass is 9.82. The fourth-order valence-electron chi connectivity index (χ4n) is 10.8. The summed E-state index contributed by atoms with van der Waals surface area (Å²) < 4.78 is 2.58. The molecule has 0 N–H and O–H groups in total. The molecule has 2 aliphatic rings. The van der Waals surface area contributed by atoms with Crippen LogP contribution >= 0.6 is 0 Å². The van der Waals surface area contributed by atoms with Gasteiger partial charge >= 0.3 is 0 Å². The highest BCUT2D eigenvalue weighted by molar-refractivity contribution is 6.17. The highest BCUT2D eigenvalue weighted by Crippen LogP contribution is 2.54. The maximum Gasteiger partial charge on any atom is 0.0622 e. The summed E-state index contributed by atoms with van der Waals surface area (Å²) in [7, 11) is 0. The van der Waals surface area contributed by atoms with E-state index >= 15 is 0 Å². The Labute approximate surface area is 351 Å². The topological polar surface area (TPSA) is 8.17 Å². The van der Waals surface area contributed by atoms with E-state index in [0.717, 1.165) is 17.1 Å². The van der Waals surface area contributed by atoms with Crippen LogP contribution in [0.2, 0.25) is 0 Å². The van der Waals surface area contributed by atoms with Crippen LogP contribution in [0.3, 0.4) is 0 Å². The van der Waals surface area contributed by atoms with Gasteiger partial charge in [0.2, 0.25) is 0 Å². The molecule has 1 heterocycles. The zero-order chi connectivity index (χ0) is 40.3. The summed E-state index contributed by atoms with van der Waals surface area (Å²) in [6, 6.07) is 72.3. The van der Waals surface area contributed by atoms with Gasteiger partial charge in [-0.15, -0.1) is 0 Å². The molecule has 0 fully saturated rings. The molecule has 0 radical (unpaired) electrons. The summed E-state index contributed by atoms with van der Waals surface area (Å²) >= 11 is 0. The van der Waals surface area contributed by atoms with Crippen LogP contribution in [0.1, 0.15) is 49.9 Å². The third kappa shape index (κ3) is 4.88. The van der Waals surface area contributed by atoms with Crippen molar-refractivity contribution in [3.05, 3.63) is 216 Å². The smallest absolute Gasteiger partial charge is 0.0622 e.